The second kappa shape index (κ2) is 14.2. The van der Waals surface area contributed by atoms with E-state index in [1.165, 1.54) is 19.3 Å². The van der Waals surface area contributed by atoms with Crippen molar-refractivity contribution < 1.29 is 58.7 Å². The first kappa shape index (κ1) is 29.5. The SMILES string of the molecule is C=CCO[C@@H]1C(O)[C@H](Oc2ccc(OC)cc2)OC(CO)[C@H]1O[C@@H]1OC(CO)[C@H](O)[C@H](OCC=C)C1O. The van der Waals surface area contributed by atoms with Gasteiger partial charge in [-0.3, -0.25) is 0 Å². The molecular weight excluding hydrogens is 492 g/mol. The summed E-state index contributed by atoms with van der Waals surface area (Å²) in [6.07, 6.45) is -9.68. The number of methoxy groups -OCH3 is 1. The molecule has 1 aromatic carbocycles. The highest BCUT2D eigenvalue weighted by atomic mass is 16.7. The molecule has 0 amide bonds. The topological polar surface area (TPSA) is 166 Å². The Morgan fingerprint density at radius 3 is 1.86 bits per heavy atom. The number of ether oxygens (including phenoxy) is 7. The van der Waals surface area contributed by atoms with E-state index in [0.717, 1.165) is 0 Å². The lowest BCUT2D eigenvalue weighted by molar-refractivity contribution is -0.357. The minimum Gasteiger partial charge on any atom is -0.497 e. The van der Waals surface area contributed by atoms with Gasteiger partial charge in [0.15, 0.2) is 6.29 Å². The third-order valence-corrected chi connectivity index (χ3v) is 6.03. The highest BCUT2D eigenvalue weighted by molar-refractivity contribution is 5.31. The van der Waals surface area contributed by atoms with Crippen molar-refractivity contribution in [3.63, 3.8) is 0 Å². The van der Waals surface area contributed by atoms with E-state index in [2.05, 4.69) is 13.2 Å². The molecule has 12 nitrogen and oxygen atoms in total. The smallest absolute Gasteiger partial charge is 0.229 e. The molecule has 2 heterocycles. The van der Waals surface area contributed by atoms with Gasteiger partial charge in [0.25, 0.3) is 0 Å². The maximum atomic E-state index is 11.1. The molecule has 10 atom stereocenters. The first-order chi connectivity index (χ1) is 17.9. The van der Waals surface area contributed by atoms with E-state index in [4.69, 9.17) is 33.2 Å². The number of hydrogen-bond donors (Lipinski definition) is 5. The van der Waals surface area contributed by atoms with Crippen LogP contribution in [0.2, 0.25) is 0 Å². The van der Waals surface area contributed by atoms with Crippen LogP contribution in [0.15, 0.2) is 49.6 Å². The zero-order valence-electron chi connectivity index (χ0n) is 20.6. The van der Waals surface area contributed by atoms with Gasteiger partial charge in [0.2, 0.25) is 6.29 Å². The molecule has 2 saturated heterocycles. The van der Waals surface area contributed by atoms with E-state index < -0.39 is 74.6 Å². The molecule has 2 aliphatic heterocycles. The Labute approximate surface area is 215 Å². The summed E-state index contributed by atoms with van der Waals surface area (Å²) in [5, 5.41) is 52.1. The van der Waals surface area contributed by atoms with E-state index in [1.54, 1.807) is 24.3 Å². The van der Waals surface area contributed by atoms with Crippen molar-refractivity contribution in [3.05, 3.63) is 49.6 Å². The van der Waals surface area contributed by atoms with E-state index in [-0.39, 0.29) is 13.2 Å². The molecule has 208 valence electrons. The Hall–Kier alpha value is -2.10. The lowest BCUT2D eigenvalue weighted by atomic mass is 9.96. The van der Waals surface area contributed by atoms with Gasteiger partial charge < -0.3 is 58.7 Å². The number of hydrogen-bond acceptors (Lipinski definition) is 12. The summed E-state index contributed by atoms with van der Waals surface area (Å²) in [5.74, 6) is 0.982. The van der Waals surface area contributed by atoms with Gasteiger partial charge in [-0.25, -0.2) is 0 Å². The highest BCUT2D eigenvalue weighted by Gasteiger charge is 2.52. The van der Waals surface area contributed by atoms with Crippen LogP contribution in [0.25, 0.3) is 0 Å². The molecule has 5 N–H and O–H groups in total. The minimum absolute atomic E-state index is 0.0175. The molecule has 0 bridgehead atoms. The minimum atomic E-state index is -1.50. The Bertz CT molecular complexity index is 835. The lowest BCUT2D eigenvalue weighted by Crippen LogP contribution is -2.65. The van der Waals surface area contributed by atoms with Crippen molar-refractivity contribution in [2.75, 3.05) is 33.5 Å². The van der Waals surface area contributed by atoms with Gasteiger partial charge in [-0.05, 0) is 24.3 Å². The summed E-state index contributed by atoms with van der Waals surface area (Å²) < 4.78 is 39.5. The molecule has 0 aliphatic carbocycles. The molecule has 0 spiro atoms. The molecule has 3 rings (SSSR count). The maximum Gasteiger partial charge on any atom is 0.229 e. The van der Waals surface area contributed by atoms with Crippen LogP contribution in [0.5, 0.6) is 11.5 Å². The van der Waals surface area contributed by atoms with E-state index >= 15 is 0 Å². The van der Waals surface area contributed by atoms with Gasteiger partial charge in [0, 0.05) is 0 Å². The Morgan fingerprint density at radius 1 is 0.757 bits per heavy atom. The van der Waals surface area contributed by atoms with Crippen LogP contribution in [0.4, 0.5) is 0 Å². The summed E-state index contributed by atoms with van der Waals surface area (Å²) in [5.41, 5.74) is 0. The molecule has 0 saturated carbocycles. The molecule has 1 aromatic rings. The van der Waals surface area contributed by atoms with Gasteiger partial charge in [-0.2, -0.15) is 0 Å². The molecule has 2 fully saturated rings. The van der Waals surface area contributed by atoms with Crippen molar-refractivity contribution in [3.8, 4) is 11.5 Å². The Morgan fingerprint density at radius 2 is 1.30 bits per heavy atom. The summed E-state index contributed by atoms with van der Waals surface area (Å²) in [6, 6.07) is 6.59. The monoisotopic (exact) mass is 528 g/mol. The molecule has 4 unspecified atom stereocenters. The summed E-state index contributed by atoms with van der Waals surface area (Å²) in [4.78, 5) is 0. The van der Waals surface area contributed by atoms with Crippen molar-refractivity contribution >= 4 is 0 Å². The van der Waals surface area contributed by atoms with Crippen molar-refractivity contribution in [2.45, 2.75) is 61.4 Å². The first-order valence-electron chi connectivity index (χ1n) is 11.9. The molecular formula is C25H36O12. The first-order valence-corrected chi connectivity index (χ1v) is 11.9. The molecule has 0 aromatic heterocycles. The Balaban J connectivity index is 1.81. The number of aliphatic hydroxyl groups excluding tert-OH is 5. The summed E-state index contributed by atoms with van der Waals surface area (Å²) in [6.45, 7) is 6.06. The zero-order chi connectivity index (χ0) is 26.9. The van der Waals surface area contributed by atoms with Gasteiger partial charge in [0.1, 0.15) is 60.3 Å². The third kappa shape index (κ3) is 7.06. The van der Waals surface area contributed by atoms with E-state index in [0.29, 0.717) is 11.5 Å². The largest absolute Gasteiger partial charge is 0.497 e. The van der Waals surface area contributed by atoms with Crippen LogP contribution >= 0.6 is 0 Å². The van der Waals surface area contributed by atoms with Crippen molar-refractivity contribution in [1.82, 2.24) is 0 Å². The number of benzene rings is 1. The fourth-order valence-corrected chi connectivity index (χ4v) is 4.16. The second-order valence-corrected chi connectivity index (χ2v) is 8.49. The maximum absolute atomic E-state index is 11.1. The van der Waals surface area contributed by atoms with Crippen molar-refractivity contribution in [2.24, 2.45) is 0 Å². The van der Waals surface area contributed by atoms with E-state index in [1.807, 2.05) is 0 Å². The zero-order valence-corrected chi connectivity index (χ0v) is 20.6. The second-order valence-electron chi connectivity index (χ2n) is 8.49. The van der Waals surface area contributed by atoms with Crippen LogP contribution in [-0.4, -0.2) is 120 Å². The van der Waals surface area contributed by atoms with Gasteiger partial charge >= 0.3 is 0 Å². The van der Waals surface area contributed by atoms with Crippen LogP contribution in [0.1, 0.15) is 0 Å². The average molecular weight is 529 g/mol. The normalized spacial score (nSPS) is 36.1. The molecule has 37 heavy (non-hydrogen) atoms. The summed E-state index contributed by atoms with van der Waals surface area (Å²) >= 11 is 0. The number of aliphatic hydroxyl groups is 5. The fraction of sp³-hybridized carbons (Fsp3) is 0.600. The van der Waals surface area contributed by atoms with Gasteiger partial charge in [-0.1, -0.05) is 12.2 Å². The van der Waals surface area contributed by atoms with Gasteiger partial charge in [-0.15, -0.1) is 13.2 Å². The van der Waals surface area contributed by atoms with Crippen LogP contribution < -0.4 is 9.47 Å². The standard InChI is InChI=1S/C25H36O12/c1-4-10-32-22-18(28)16(12-26)35-25(19(22)29)37-21-17(13-27)36-24(20(30)23(21)33-11-5-2)34-15-8-6-14(31-3)7-9-15/h4-9,16-30H,1-2,10-13H2,3H3/t16?,17?,18-,19?,20?,21+,22-,23+,24+,25-/m0/s1. The predicted octanol–water partition coefficient (Wildman–Crippen LogP) is -0.881. The molecule has 2 aliphatic rings. The van der Waals surface area contributed by atoms with E-state index in [9.17, 15) is 25.5 Å². The van der Waals surface area contributed by atoms with Crippen LogP contribution in [-0.2, 0) is 23.7 Å². The predicted molar refractivity (Wildman–Crippen MR) is 128 cm³/mol. The lowest BCUT2D eigenvalue weighted by Gasteiger charge is -2.47. The van der Waals surface area contributed by atoms with Crippen molar-refractivity contribution in [1.29, 1.82) is 0 Å². The summed E-state index contributed by atoms with van der Waals surface area (Å²) in [7, 11) is 1.53. The van der Waals surface area contributed by atoms with Gasteiger partial charge in [0.05, 0.1) is 33.5 Å². The molecule has 12 heteroatoms. The molecule has 0 radical (unpaired) electrons. The van der Waals surface area contributed by atoms with Crippen LogP contribution in [0.3, 0.4) is 0 Å². The highest BCUT2D eigenvalue weighted by Crippen LogP contribution is 2.32. The third-order valence-electron chi connectivity index (χ3n) is 6.03. The average Bonchev–Trinajstić information content (AvgIpc) is 2.91. The quantitative estimate of drug-likeness (QED) is 0.201. The fourth-order valence-electron chi connectivity index (χ4n) is 4.16. The van der Waals surface area contributed by atoms with Crippen LogP contribution in [0, 0.1) is 0 Å². The number of rotatable bonds is 13. The Kier molecular flexibility index (Phi) is 11.3.